The molecule has 1 aliphatic rings. The van der Waals surface area contributed by atoms with Crippen molar-refractivity contribution in [2.45, 2.75) is 52.7 Å². The zero-order chi connectivity index (χ0) is 18.9. The molecule has 0 spiro atoms. The summed E-state index contributed by atoms with van der Waals surface area (Å²) in [5, 5.41) is 6.27. The molecule has 1 aliphatic carbocycles. The third-order valence-corrected chi connectivity index (χ3v) is 4.90. The van der Waals surface area contributed by atoms with Gasteiger partial charge in [0.15, 0.2) is 0 Å². The van der Waals surface area contributed by atoms with E-state index in [2.05, 4.69) is 36.5 Å². The molecular weight excluding hydrogens is 324 g/mol. The molecule has 0 aliphatic heterocycles. The second-order valence-electron chi connectivity index (χ2n) is 8.15. The van der Waals surface area contributed by atoms with Gasteiger partial charge in [-0.2, -0.15) is 0 Å². The van der Waals surface area contributed by atoms with E-state index in [0.717, 1.165) is 27.9 Å². The normalized spacial score (nSPS) is 24.4. The van der Waals surface area contributed by atoms with Gasteiger partial charge in [-0.15, -0.1) is 0 Å². The Labute approximate surface area is 155 Å². The lowest BCUT2D eigenvalue weighted by Crippen LogP contribution is -2.52. The van der Waals surface area contributed by atoms with Crippen molar-refractivity contribution in [2.24, 2.45) is 11.8 Å². The molecule has 3 atom stereocenters. The first kappa shape index (κ1) is 18.4. The molecule has 0 bridgehead atoms. The molecule has 1 fully saturated rings. The van der Waals surface area contributed by atoms with Gasteiger partial charge >= 0.3 is 6.09 Å². The van der Waals surface area contributed by atoms with Gasteiger partial charge < -0.3 is 10.1 Å². The summed E-state index contributed by atoms with van der Waals surface area (Å²) in [5.41, 5.74) is 0.510. The summed E-state index contributed by atoms with van der Waals surface area (Å²) >= 11 is 0. The lowest BCUT2D eigenvalue weighted by Gasteiger charge is -2.41. The smallest absolute Gasteiger partial charge is 0.407 e. The number of rotatable bonds is 2. The molecule has 2 aromatic rings. The molecule has 1 aromatic heterocycles. The molecule has 4 nitrogen and oxygen atoms in total. The summed E-state index contributed by atoms with van der Waals surface area (Å²) in [7, 11) is 0. The molecule has 1 aromatic carbocycles. The van der Waals surface area contributed by atoms with E-state index in [1.807, 2.05) is 45.9 Å². The third kappa shape index (κ3) is 4.06. The van der Waals surface area contributed by atoms with E-state index in [1.165, 1.54) is 0 Å². The first-order valence-corrected chi connectivity index (χ1v) is 9.30. The van der Waals surface area contributed by atoms with Crippen LogP contribution >= 0.6 is 0 Å². The predicted molar refractivity (Wildman–Crippen MR) is 106 cm³/mol. The van der Waals surface area contributed by atoms with Crippen LogP contribution in [0.1, 0.15) is 41.0 Å². The summed E-state index contributed by atoms with van der Waals surface area (Å²) in [6, 6.07) is 10.4. The van der Waals surface area contributed by atoms with Gasteiger partial charge in [-0.25, -0.2) is 9.78 Å². The van der Waals surface area contributed by atoms with E-state index in [0.29, 0.717) is 5.92 Å². The van der Waals surface area contributed by atoms with Crippen LogP contribution in [0, 0.1) is 11.8 Å². The lowest BCUT2D eigenvalue weighted by atomic mass is 9.70. The Hall–Kier alpha value is -2.36. The van der Waals surface area contributed by atoms with Crippen LogP contribution in [0.3, 0.4) is 0 Å². The van der Waals surface area contributed by atoms with Gasteiger partial charge in [-0.1, -0.05) is 37.3 Å². The van der Waals surface area contributed by atoms with Crippen LogP contribution in [0.2, 0.25) is 0 Å². The fraction of sp³-hybridized carbons (Fsp3) is 0.455. The number of alkyl carbamates (subject to hydrolysis) is 1. The van der Waals surface area contributed by atoms with Crippen LogP contribution in [-0.2, 0) is 4.74 Å². The molecule has 4 heteroatoms. The van der Waals surface area contributed by atoms with Gasteiger partial charge in [0.2, 0.25) is 0 Å². The number of ether oxygens (including phenoxy) is 1. The van der Waals surface area contributed by atoms with Crippen LogP contribution < -0.4 is 15.9 Å². The standard InChI is InChI=1S/C22H28N2O2/c1-6-15-12-16-9-7-8-10-18(16)23-19(15)13-17-14(2)11-20(17)24-21(25)26-22(3,4)5/h6-10,12-14,17,20H,11H2,1-5H3,(H,24,25)/b15-6-,19-13+. The molecule has 0 saturated heterocycles. The number of aromatic nitrogens is 1. The Morgan fingerprint density at radius 2 is 2.04 bits per heavy atom. The number of fused-ring (bicyclic) bond motifs is 1. The summed E-state index contributed by atoms with van der Waals surface area (Å²) in [4.78, 5) is 16.9. The first-order valence-electron chi connectivity index (χ1n) is 9.30. The largest absolute Gasteiger partial charge is 0.444 e. The Morgan fingerprint density at radius 1 is 1.31 bits per heavy atom. The average molecular weight is 352 g/mol. The van der Waals surface area contributed by atoms with Crippen molar-refractivity contribution in [2.75, 3.05) is 0 Å². The van der Waals surface area contributed by atoms with Crippen molar-refractivity contribution in [1.82, 2.24) is 10.3 Å². The molecule has 26 heavy (non-hydrogen) atoms. The van der Waals surface area contributed by atoms with Crippen molar-refractivity contribution < 1.29 is 9.53 Å². The molecule has 138 valence electrons. The number of carbonyl (C=O) groups is 1. The van der Waals surface area contributed by atoms with Gasteiger partial charge in [-0.3, -0.25) is 0 Å². The van der Waals surface area contributed by atoms with Crippen molar-refractivity contribution in [1.29, 1.82) is 0 Å². The number of nitrogens with one attached hydrogen (secondary N) is 1. The number of benzene rings is 1. The number of hydrogen-bond acceptors (Lipinski definition) is 3. The molecule has 3 rings (SSSR count). The van der Waals surface area contributed by atoms with Crippen LogP contribution in [0.25, 0.3) is 23.1 Å². The van der Waals surface area contributed by atoms with E-state index < -0.39 is 5.60 Å². The second-order valence-corrected chi connectivity index (χ2v) is 8.15. The molecule has 1 saturated carbocycles. The summed E-state index contributed by atoms with van der Waals surface area (Å²) in [5.74, 6) is 0.766. The monoisotopic (exact) mass is 352 g/mol. The highest BCUT2D eigenvalue weighted by molar-refractivity contribution is 5.78. The number of hydrogen-bond donors (Lipinski definition) is 1. The topological polar surface area (TPSA) is 51.2 Å². The maximum Gasteiger partial charge on any atom is 0.407 e. The highest BCUT2D eigenvalue weighted by atomic mass is 16.6. The van der Waals surface area contributed by atoms with Gasteiger partial charge in [-0.05, 0) is 57.4 Å². The van der Waals surface area contributed by atoms with Crippen LogP contribution in [0.15, 0.2) is 30.3 Å². The molecule has 1 N–H and O–H groups in total. The minimum atomic E-state index is -0.483. The maximum absolute atomic E-state index is 12.1. The van der Waals surface area contributed by atoms with Crippen molar-refractivity contribution in [3.63, 3.8) is 0 Å². The minimum absolute atomic E-state index is 0.0952. The SMILES string of the molecule is C/C=c1/cc2ccccc2n/c1=C/C1C(C)CC1NC(=O)OC(C)(C)C. The molecule has 1 heterocycles. The number of nitrogens with zero attached hydrogens (tertiary/aromatic N) is 1. The van der Waals surface area contributed by atoms with Crippen molar-refractivity contribution in [3.8, 4) is 0 Å². The fourth-order valence-electron chi connectivity index (χ4n) is 3.50. The molecule has 1 amide bonds. The first-order chi connectivity index (χ1) is 12.3. The van der Waals surface area contributed by atoms with Crippen LogP contribution in [0.4, 0.5) is 4.79 Å². The van der Waals surface area contributed by atoms with Crippen LogP contribution in [-0.4, -0.2) is 22.7 Å². The lowest BCUT2D eigenvalue weighted by molar-refractivity contribution is 0.0422. The predicted octanol–water partition coefficient (Wildman–Crippen LogP) is 3.37. The number of carbonyl (C=O) groups excluding carboxylic acids is 1. The fourth-order valence-corrected chi connectivity index (χ4v) is 3.50. The van der Waals surface area contributed by atoms with Crippen LogP contribution in [0.5, 0.6) is 0 Å². The Balaban J connectivity index is 1.88. The Morgan fingerprint density at radius 3 is 2.69 bits per heavy atom. The molecule has 0 radical (unpaired) electrons. The highest BCUT2D eigenvalue weighted by Gasteiger charge is 2.38. The average Bonchev–Trinajstić information content (AvgIpc) is 2.57. The van der Waals surface area contributed by atoms with Gasteiger partial charge in [0.1, 0.15) is 5.60 Å². The summed E-state index contributed by atoms with van der Waals surface area (Å²) < 4.78 is 5.39. The van der Waals surface area contributed by atoms with Gasteiger partial charge in [0, 0.05) is 17.3 Å². The van der Waals surface area contributed by atoms with E-state index in [9.17, 15) is 4.79 Å². The minimum Gasteiger partial charge on any atom is -0.444 e. The van der Waals surface area contributed by atoms with Crippen molar-refractivity contribution in [3.05, 3.63) is 40.9 Å². The third-order valence-electron chi connectivity index (χ3n) is 4.90. The van der Waals surface area contributed by atoms with Crippen molar-refractivity contribution >= 4 is 29.1 Å². The molecule has 3 unspecified atom stereocenters. The molecular formula is C22H28N2O2. The van der Waals surface area contributed by atoms with E-state index >= 15 is 0 Å². The number of pyridine rings is 1. The second kappa shape index (κ2) is 7.10. The number of para-hydroxylation sites is 1. The zero-order valence-electron chi connectivity index (χ0n) is 16.2. The maximum atomic E-state index is 12.1. The highest BCUT2D eigenvalue weighted by Crippen LogP contribution is 2.35. The van der Waals surface area contributed by atoms with Gasteiger partial charge in [0.25, 0.3) is 0 Å². The Kier molecular flexibility index (Phi) is 5.03. The van der Waals surface area contributed by atoms with Gasteiger partial charge in [0.05, 0.1) is 10.9 Å². The number of amides is 1. The Bertz CT molecular complexity index is 927. The van der Waals surface area contributed by atoms with E-state index in [4.69, 9.17) is 9.72 Å². The zero-order valence-corrected chi connectivity index (χ0v) is 16.2. The van der Waals surface area contributed by atoms with E-state index in [1.54, 1.807) is 0 Å². The summed E-state index contributed by atoms with van der Waals surface area (Å²) in [6.45, 7) is 9.88. The summed E-state index contributed by atoms with van der Waals surface area (Å²) in [6.07, 6.45) is 4.91. The quantitative estimate of drug-likeness (QED) is 0.902. The van der Waals surface area contributed by atoms with E-state index in [-0.39, 0.29) is 18.1 Å².